The van der Waals surface area contributed by atoms with Crippen LogP contribution in [0.25, 0.3) is 0 Å². The van der Waals surface area contributed by atoms with Gasteiger partial charge in [0.2, 0.25) is 0 Å². The lowest BCUT2D eigenvalue weighted by Crippen LogP contribution is -1.99. The van der Waals surface area contributed by atoms with Crippen molar-refractivity contribution in [3.05, 3.63) is 52.5 Å². The molecule has 0 aliphatic carbocycles. The number of benzene rings is 2. The normalized spacial score (nSPS) is 10.3. The lowest BCUT2D eigenvalue weighted by Gasteiger charge is -2.13. The van der Waals surface area contributed by atoms with Gasteiger partial charge >= 0.3 is 0 Å². The summed E-state index contributed by atoms with van der Waals surface area (Å²) in [5, 5.41) is 1.34. The van der Waals surface area contributed by atoms with E-state index in [9.17, 15) is 0 Å². The van der Waals surface area contributed by atoms with Crippen molar-refractivity contribution < 1.29 is 14.2 Å². The molecular weight excluding hydrogens is 356 g/mol. The molecule has 0 aromatic heterocycles. The van der Waals surface area contributed by atoms with Crippen LogP contribution in [0, 0.1) is 0 Å². The van der Waals surface area contributed by atoms with Crippen molar-refractivity contribution >= 4 is 27.5 Å². The number of hydrogen-bond acceptors (Lipinski definition) is 3. The lowest BCUT2D eigenvalue weighted by molar-refractivity contribution is 0.301. The Bertz CT molecular complexity index is 616. The summed E-state index contributed by atoms with van der Waals surface area (Å²) < 4.78 is 16.4. The quantitative estimate of drug-likeness (QED) is 0.681. The first-order valence-corrected chi connectivity index (χ1v) is 7.86. The van der Waals surface area contributed by atoms with E-state index >= 15 is 0 Å². The molecule has 0 fully saturated rings. The highest BCUT2D eigenvalue weighted by atomic mass is 79.9. The Morgan fingerprint density at radius 2 is 1.76 bits per heavy atom. The maximum Gasteiger partial charge on any atom is 0.161 e. The Morgan fingerprint density at radius 3 is 2.43 bits per heavy atom. The smallest absolute Gasteiger partial charge is 0.161 e. The van der Waals surface area contributed by atoms with Crippen LogP contribution in [0.4, 0.5) is 0 Å². The van der Waals surface area contributed by atoms with E-state index in [-0.39, 0.29) is 0 Å². The summed E-state index contributed by atoms with van der Waals surface area (Å²) in [6, 6.07) is 11.3. The zero-order valence-electron chi connectivity index (χ0n) is 11.9. The molecule has 2 aromatic rings. The Balaban J connectivity index is 2.15. The molecule has 21 heavy (non-hydrogen) atoms. The molecule has 0 saturated carbocycles. The maximum atomic E-state index is 6.15. The first-order chi connectivity index (χ1) is 10.2. The van der Waals surface area contributed by atoms with E-state index < -0.39 is 0 Å². The van der Waals surface area contributed by atoms with Crippen LogP contribution in [0.15, 0.2) is 36.4 Å². The van der Waals surface area contributed by atoms with E-state index in [0.29, 0.717) is 28.5 Å². The molecule has 3 nitrogen and oxygen atoms in total. The minimum atomic E-state index is 0.431. The monoisotopic (exact) mass is 370 g/mol. The fraction of sp³-hybridized carbons (Fsp3) is 0.250. The summed E-state index contributed by atoms with van der Waals surface area (Å²) in [5.74, 6) is 2.16. The first-order valence-electron chi connectivity index (χ1n) is 6.36. The number of ether oxygens (including phenoxy) is 3. The lowest BCUT2D eigenvalue weighted by atomic mass is 10.2. The zero-order chi connectivity index (χ0) is 15.2. The van der Waals surface area contributed by atoms with Crippen LogP contribution in [0.2, 0.25) is 5.02 Å². The molecule has 0 spiro atoms. The summed E-state index contributed by atoms with van der Waals surface area (Å²) in [4.78, 5) is 0. The minimum absolute atomic E-state index is 0.431. The third-order valence-corrected chi connectivity index (χ3v) is 3.97. The molecule has 112 valence electrons. The molecule has 0 atom stereocenters. The van der Waals surface area contributed by atoms with Crippen LogP contribution in [-0.4, -0.2) is 14.2 Å². The second kappa shape index (κ2) is 7.57. The molecule has 0 amide bonds. The summed E-state index contributed by atoms with van der Waals surface area (Å²) in [6.45, 7) is 0.431. The summed E-state index contributed by atoms with van der Waals surface area (Å²) in [5.41, 5.74) is 1.94. The fourth-order valence-corrected chi connectivity index (χ4v) is 2.91. The van der Waals surface area contributed by atoms with Gasteiger partial charge in [-0.05, 0) is 29.8 Å². The van der Waals surface area contributed by atoms with Gasteiger partial charge in [0.25, 0.3) is 0 Å². The Labute approximate surface area is 137 Å². The number of rotatable bonds is 6. The zero-order valence-corrected chi connectivity index (χ0v) is 14.2. The Hall–Kier alpha value is -1.39. The van der Waals surface area contributed by atoms with Gasteiger partial charge in [0.05, 0.1) is 14.2 Å². The summed E-state index contributed by atoms with van der Waals surface area (Å²) in [6.07, 6.45) is 0. The molecule has 2 rings (SSSR count). The number of halogens is 2. The molecular formula is C16H16BrClO3. The minimum Gasteiger partial charge on any atom is -0.493 e. The molecule has 0 radical (unpaired) electrons. The fourth-order valence-electron chi connectivity index (χ4n) is 1.94. The molecule has 0 unspecified atom stereocenters. The highest BCUT2D eigenvalue weighted by molar-refractivity contribution is 9.08. The SMILES string of the molecule is COc1ccc(COc2cccc(Cl)c2CBr)cc1OC. The van der Waals surface area contributed by atoms with Crippen LogP contribution in [-0.2, 0) is 11.9 Å². The van der Waals surface area contributed by atoms with Gasteiger partial charge in [-0.25, -0.2) is 0 Å². The maximum absolute atomic E-state index is 6.15. The van der Waals surface area contributed by atoms with Crippen LogP contribution >= 0.6 is 27.5 Å². The van der Waals surface area contributed by atoms with Crippen LogP contribution in [0.3, 0.4) is 0 Å². The van der Waals surface area contributed by atoms with Gasteiger partial charge in [-0.3, -0.25) is 0 Å². The van der Waals surface area contributed by atoms with Crippen LogP contribution in [0.1, 0.15) is 11.1 Å². The molecule has 0 aliphatic rings. The Morgan fingerprint density at radius 1 is 1.00 bits per heavy atom. The number of methoxy groups -OCH3 is 2. The first kappa shape index (κ1) is 16.0. The van der Waals surface area contributed by atoms with E-state index in [0.717, 1.165) is 16.9 Å². The van der Waals surface area contributed by atoms with Crippen molar-refractivity contribution in [3.63, 3.8) is 0 Å². The molecule has 2 aromatic carbocycles. The molecule has 0 aliphatic heterocycles. The van der Waals surface area contributed by atoms with Gasteiger partial charge in [0.1, 0.15) is 12.4 Å². The highest BCUT2D eigenvalue weighted by Crippen LogP contribution is 2.31. The molecule has 0 heterocycles. The van der Waals surface area contributed by atoms with Gasteiger partial charge < -0.3 is 14.2 Å². The van der Waals surface area contributed by atoms with Crippen molar-refractivity contribution in [1.82, 2.24) is 0 Å². The topological polar surface area (TPSA) is 27.7 Å². The van der Waals surface area contributed by atoms with E-state index in [1.807, 2.05) is 36.4 Å². The average Bonchev–Trinajstić information content (AvgIpc) is 2.52. The van der Waals surface area contributed by atoms with E-state index in [4.69, 9.17) is 25.8 Å². The third-order valence-electron chi connectivity index (χ3n) is 3.05. The standard InChI is InChI=1S/C16H16BrClO3/c1-19-15-7-6-11(8-16(15)20-2)10-21-14-5-3-4-13(18)12(14)9-17/h3-8H,9-10H2,1-2H3. The van der Waals surface area contributed by atoms with Gasteiger partial charge in [0.15, 0.2) is 11.5 Å². The predicted molar refractivity (Wildman–Crippen MR) is 88.0 cm³/mol. The second-order valence-electron chi connectivity index (χ2n) is 4.33. The summed E-state index contributed by atoms with van der Waals surface area (Å²) in [7, 11) is 3.23. The summed E-state index contributed by atoms with van der Waals surface area (Å²) >= 11 is 9.58. The van der Waals surface area contributed by atoms with Crippen molar-refractivity contribution in [2.75, 3.05) is 14.2 Å². The van der Waals surface area contributed by atoms with Crippen molar-refractivity contribution in [2.24, 2.45) is 0 Å². The van der Waals surface area contributed by atoms with E-state index in [1.54, 1.807) is 14.2 Å². The number of hydrogen-bond donors (Lipinski definition) is 0. The van der Waals surface area contributed by atoms with Crippen molar-refractivity contribution in [1.29, 1.82) is 0 Å². The van der Waals surface area contributed by atoms with E-state index in [2.05, 4.69) is 15.9 Å². The van der Waals surface area contributed by atoms with Crippen LogP contribution < -0.4 is 14.2 Å². The highest BCUT2D eigenvalue weighted by Gasteiger charge is 2.09. The number of alkyl halides is 1. The average molecular weight is 372 g/mol. The molecule has 0 saturated heterocycles. The van der Waals surface area contributed by atoms with Crippen molar-refractivity contribution in [2.45, 2.75) is 11.9 Å². The predicted octanol–water partition coefficient (Wildman–Crippen LogP) is 4.83. The molecule has 0 N–H and O–H groups in total. The van der Waals surface area contributed by atoms with Gasteiger partial charge in [-0.15, -0.1) is 0 Å². The largest absolute Gasteiger partial charge is 0.493 e. The van der Waals surface area contributed by atoms with E-state index in [1.165, 1.54) is 0 Å². The van der Waals surface area contributed by atoms with Gasteiger partial charge in [0, 0.05) is 15.9 Å². The molecule has 5 heteroatoms. The third kappa shape index (κ3) is 3.83. The van der Waals surface area contributed by atoms with Crippen molar-refractivity contribution in [3.8, 4) is 17.2 Å². The van der Waals surface area contributed by atoms with Crippen LogP contribution in [0.5, 0.6) is 17.2 Å². The van der Waals surface area contributed by atoms with Gasteiger partial charge in [-0.1, -0.05) is 39.7 Å². The second-order valence-corrected chi connectivity index (χ2v) is 5.30. The Kier molecular flexibility index (Phi) is 5.76. The van der Waals surface area contributed by atoms with Gasteiger partial charge in [-0.2, -0.15) is 0 Å². The molecule has 0 bridgehead atoms.